The lowest BCUT2D eigenvalue weighted by Gasteiger charge is -2.11. The molecule has 2 aromatic rings. The second kappa shape index (κ2) is 6.39. The Labute approximate surface area is 128 Å². The molecule has 0 aliphatic rings. The van der Waals surface area contributed by atoms with E-state index >= 15 is 0 Å². The number of hydrogen-bond acceptors (Lipinski definition) is 3. The van der Waals surface area contributed by atoms with E-state index in [9.17, 15) is 22.8 Å². The minimum absolute atomic E-state index is 0.135. The summed E-state index contributed by atoms with van der Waals surface area (Å²) in [5.41, 5.74) is 5.68. The van der Waals surface area contributed by atoms with Crippen LogP contribution in [0, 0.1) is 0 Å². The van der Waals surface area contributed by atoms with Crippen molar-refractivity contribution in [2.24, 2.45) is 5.73 Å². The van der Waals surface area contributed by atoms with Crippen molar-refractivity contribution >= 4 is 17.5 Å². The van der Waals surface area contributed by atoms with E-state index in [2.05, 4.69) is 10.1 Å². The second-order valence-corrected chi connectivity index (χ2v) is 4.47. The minimum Gasteiger partial charge on any atom is -0.406 e. The first-order valence-electron chi connectivity index (χ1n) is 6.31. The van der Waals surface area contributed by atoms with Gasteiger partial charge in [0.05, 0.1) is 0 Å². The van der Waals surface area contributed by atoms with Gasteiger partial charge in [0, 0.05) is 22.9 Å². The third-order valence-electron chi connectivity index (χ3n) is 2.76. The number of benzene rings is 2. The number of amides is 2. The molecule has 0 bridgehead atoms. The average Bonchev–Trinajstić information content (AvgIpc) is 2.46. The molecule has 2 rings (SSSR count). The van der Waals surface area contributed by atoms with Gasteiger partial charge in [0.25, 0.3) is 5.91 Å². The van der Waals surface area contributed by atoms with E-state index in [4.69, 9.17) is 5.73 Å². The maximum Gasteiger partial charge on any atom is 0.573 e. The fourth-order valence-electron chi connectivity index (χ4n) is 1.76. The highest BCUT2D eigenvalue weighted by atomic mass is 19.4. The summed E-state index contributed by atoms with van der Waals surface area (Å²) >= 11 is 0. The number of alkyl halides is 3. The van der Waals surface area contributed by atoms with Crippen molar-refractivity contribution in [3.05, 3.63) is 59.7 Å². The SMILES string of the molecule is NC(=O)c1ccc(C(=O)Nc2cccc(OC(F)(F)F)c2)cc1. The zero-order valence-electron chi connectivity index (χ0n) is 11.6. The lowest BCUT2D eigenvalue weighted by molar-refractivity contribution is -0.274. The van der Waals surface area contributed by atoms with Crippen molar-refractivity contribution in [2.45, 2.75) is 6.36 Å². The van der Waals surface area contributed by atoms with E-state index < -0.39 is 23.9 Å². The zero-order chi connectivity index (χ0) is 17.0. The van der Waals surface area contributed by atoms with Crippen molar-refractivity contribution in [1.29, 1.82) is 0 Å². The van der Waals surface area contributed by atoms with Crippen LogP contribution in [0.15, 0.2) is 48.5 Å². The molecule has 0 aliphatic carbocycles. The lowest BCUT2D eigenvalue weighted by atomic mass is 10.1. The number of nitrogens with two attached hydrogens (primary N) is 1. The van der Waals surface area contributed by atoms with Crippen LogP contribution in [0.2, 0.25) is 0 Å². The molecule has 0 saturated carbocycles. The molecule has 2 amide bonds. The number of carbonyl (C=O) groups is 2. The van der Waals surface area contributed by atoms with Gasteiger partial charge >= 0.3 is 6.36 Å². The van der Waals surface area contributed by atoms with Crippen LogP contribution < -0.4 is 15.8 Å². The molecule has 0 fully saturated rings. The molecule has 0 aromatic heterocycles. The Morgan fingerprint density at radius 3 is 2.17 bits per heavy atom. The maximum atomic E-state index is 12.2. The van der Waals surface area contributed by atoms with E-state index in [1.807, 2.05) is 0 Å². The van der Waals surface area contributed by atoms with Crippen LogP contribution in [0.5, 0.6) is 5.75 Å². The van der Waals surface area contributed by atoms with E-state index in [-0.39, 0.29) is 16.8 Å². The van der Waals surface area contributed by atoms with E-state index in [0.29, 0.717) is 0 Å². The topological polar surface area (TPSA) is 81.4 Å². The minimum atomic E-state index is -4.81. The number of hydrogen-bond donors (Lipinski definition) is 2. The zero-order valence-corrected chi connectivity index (χ0v) is 11.6. The lowest BCUT2D eigenvalue weighted by Crippen LogP contribution is -2.17. The highest BCUT2D eigenvalue weighted by Crippen LogP contribution is 2.25. The first kappa shape index (κ1) is 16.3. The van der Waals surface area contributed by atoms with Crippen LogP contribution >= 0.6 is 0 Å². The van der Waals surface area contributed by atoms with Gasteiger partial charge in [-0.3, -0.25) is 9.59 Å². The van der Waals surface area contributed by atoms with Gasteiger partial charge in [0.1, 0.15) is 5.75 Å². The number of primary amides is 1. The van der Waals surface area contributed by atoms with Gasteiger partial charge in [-0.15, -0.1) is 13.2 Å². The number of nitrogens with one attached hydrogen (secondary N) is 1. The van der Waals surface area contributed by atoms with Crippen LogP contribution in [-0.2, 0) is 0 Å². The predicted octanol–water partition coefficient (Wildman–Crippen LogP) is 2.94. The van der Waals surface area contributed by atoms with Gasteiger partial charge in [-0.25, -0.2) is 0 Å². The summed E-state index contributed by atoms with van der Waals surface area (Å²) in [6, 6.07) is 10.4. The fourth-order valence-corrected chi connectivity index (χ4v) is 1.76. The summed E-state index contributed by atoms with van der Waals surface area (Å²) in [5, 5.41) is 2.43. The van der Waals surface area contributed by atoms with Crippen LogP contribution in [0.1, 0.15) is 20.7 Å². The molecule has 0 unspecified atom stereocenters. The van der Waals surface area contributed by atoms with E-state index in [1.54, 1.807) is 0 Å². The normalized spacial score (nSPS) is 10.9. The summed E-state index contributed by atoms with van der Waals surface area (Å²) < 4.78 is 40.2. The molecule has 0 saturated heterocycles. The van der Waals surface area contributed by atoms with Crippen molar-refractivity contribution in [2.75, 3.05) is 5.32 Å². The quantitative estimate of drug-likeness (QED) is 0.907. The third-order valence-corrected chi connectivity index (χ3v) is 2.76. The molecule has 5 nitrogen and oxygen atoms in total. The van der Waals surface area contributed by atoms with Gasteiger partial charge in [0.15, 0.2) is 0 Å². The van der Waals surface area contributed by atoms with E-state index in [1.165, 1.54) is 36.4 Å². The molecule has 0 spiro atoms. The summed E-state index contributed by atoms with van der Waals surface area (Å²) in [5.74, 6) is -1.63. The van der Waals surface area contributed by atoms with Gasteiger partial charge in [0.2, 0.25) is 5.91 Å². The van der Waals surface area contributed by atoms with Crippen LogP contribution in [0.3, 0.4) is 0 Å². The maximum absolute atomic E-state index is 12.2. The van der Waals surface area contributed by atoms with Gasteiger partial charge in [-0.2, -0.15) is 0 Å². The molecular formula is C15H11F3N2O3. The Morgan fingerprint density at radius 2 is 1.61 bits per heavy atom. The van der Waals surface area contributed by atoms with Gasteiger partial charge in [-0.05, 0) is 36.4 Å². The van der Waals surface area contributed by atoms with Crippen molar-refractivity contribution in [3.63, 3.8) is 0 Å². The highest BCUT2D eigenvalue weighted by molar-refractivity contribution is 6.05. The molecule has 3 N–H and O–H groups in total. The van der Waals surface area contributed by atoms with Crippen LogP contribution in [0.4, 0.5) is 18.9 Å². The predicted molar refractivity (Wildman–Crippen MR) is 76.0 cm³/mol. The number of halogens is 3. The molecule has 0 radical (unpaired) electrons. The molecule has 0 heterocycles. The second-order valence-electron chi connectivity index (χ2n) is 4.47. The Balaban J connectivity index is 2.10. The highest BCUT2D eigenvalue weighted by Gasteiger charge is 2.31. The Bertz CT molecular complexity index is 727. The number of ether oxygens (including phenoxy) is 1. The van der Waals surface area contributed by atoms with Crippen molar-refractivity contribution < 1.29 is 27.5 Å². The molecule has 0 atom stereocenters. The monoisotopic (exact) mass is 324 g/mol. The molecule has 0 aliphatic heterocycles. The Hall–Kier alpha value is -3.03. The first-order valence-corrected chi connectivity index (χ1v) is 6.31. The largest absolute Gasteiger partial charge is 0.573 e. The van der Waals surface area contributed by atoms with Crippen LogP contribution in [0.25, 0.3) is 0 Å². The standard InChI is InChI=1S/C15H11F3N2O3/c16-15(17,18)23-12-3-1-2-11(8-12)20-14(22)10-6-4-9(5-7-10)13(19)21/h1-8H,(H2,19,21)(H,20,22). The molecule has 2 aromatic carbocycles. The van der Waals surface area contributed by atoms with Crippen LogP contribution in [-0.4, -0.2) is 18.2 Å². The number of rotatable bonds is 4. The van der Waals surface area contributed by atoms with Gasteiger partial charge < -0.3 is 15.8 Å². The van der Waals surface area contributed by atoms with E-state index in [0.717, 1.165) is 12.1 Å². The molecule has 23 heavy (non-hydrogen) atoms. The summed E-state index contributed by atoms with van der Waals surface area (Å²) in [4.78, 5) is 22.9. The molecule has 120 valence electrons. The number of anilines is 1. The summed E-state index contributed by atoms with van der Waals surface area (Å²) in [6.45, 7) is 0. The first-order chi connectivity index (χ1) is 10.7. The molecular weight excluding hydrogens is 313 g/mol. The Kier molecular flexibility index (Phi) is 4.54. The smallest absolute Gasteiger partial charge is 0.406 e. The van der Waals surface area contributed by atoms with Crippen molar-refractivity contribution in [3.8, 4) is 5.75 Å². The molecule has 8 heteroatoms. The Morgan fingerprint density at radius 1 is 1.00 bits per heavy atom. The van der Waals surface area contributed by atoms with Gasteiger partial charge in [-0.1, -0.05) is 6.07 Å². The third kappa shape index (κ3) is 4.73. The van der Waals surface area contributed by atoms with Crippen molar-refractivity contribution in [1.82, 2.24) is 0 Å². The fraction of sp³-hybridized carbons (Fsp3) is 0.0667. The average molecular weight is 324 g/mol. The number of carbonyl (C=O) groups excluding carboxylic acids is 2. The summed E-state index contributed by atoms with van der Waals surface area (Å²) in [6.07, 6.45) is -4.81. The summed E-state index contributed by atoms with van der Waals surface area (Å²) in [7, 11) is 0.